The summed E-state index contributed by atoms with van der Waals surface area (Å²) in [6.45, 7) is 0.679. The van der Waals surface area contributed by atoms with Gasteiger partial charge in [-0.05, 0) is 25.0 Å². The molecule has 2 nitrogen and oxygen atoms in total. The second kappa shape index (κ2) is 3.20. The summed E-state index contributed by atoms with van der Waals surface area (Å²) in [7, 11) is 0. The van der Waals surface area contributed by atoms with Crippen LogP contribution >= 0.6 is 11.6 Å². The molecule has 1 aromatic carbocycles. The van der Waals surface area contributed by atoms with Gasteiger partial charge in [0.15, 0.2) is 0 Å². The van der Waals surface area contributed by atoms with Crippen LogP contribution in [0.15, 0.2) is 24.3 Å². The van der Waals surface area contributed by atoms with E-state index in [1.165, 1.54) is 0 Å². The molecule has 1 saturated carbocycles. The van der Waals surface area contributed by atoms with Gasteiger partial charge in [0, 0.05) is 12.1 Å². The standard InChI is InChI=1S/C10H13ClN2/c11-8-3-1-2-4-9(8)13-10(7-12)5-6-10/h1-4,13H,5-7,12H2. The molecule has 0 unspecified atom stereocenters. The Morgan fingerprint density at radius 3 is 2.62 bits per heavy atom. The normalized spacial score (nSPS) is 18.3. The first-order chi connectivity index (χ1) is 6.26. The summed E-state index contributed by atoms with van der Waals surface area (Å²) in [5.74, 6) is 0. The lowest BCUT2D eigenvalue weighted by molar-refractivity contribution is 0.742. The Morgan fingerprint density at radius 1 is 1.38 bits per heavy atom. The van der Waals surface area contributed by atoms with Gasteiger partial charge in [0.1, 0.15) is 0 Å². The lowest BCUT2D eigenvalue weighted by Crippen LogP contribution is -2.30. The summed E-state index contributed by atoms with van der Waals surface area (Å²) in [5, 5.41) is 4.16. The van der Waals surface area contributed by atoms with Crippen molar-refractivity contribution in [1.82, 2.24) is 0 Å². The molecule has 3 N–H and O–H groups in total. The maximum Gasteiger partial charge on any atom is 0.0637 e. The van der Waals surface area contributed by atoms with E-state index in [4.69, 9.17) is 17.3 Å². The van der Waals surface area contributed by atoms with E-state index < -0.39 is 0 Å². The van der Waals surface area contributed by atoms with Crippen LogP contribution in [0.3, 0.4) is 0 Å². The zero-order chi connectivity index (χ0) is 9.31. The summed E-state index contributed by atoms with van der Waals surface area (Å²) >= 11 is 6.01. The van der Waals surface area contributed by atoms with E-state index in [-0.39, 0.29) is 5.54 Å². The molecule has 1 fully saturated rings. The van der Waals surface area contributed by atoms with Gasteiger partial charge in [-0.3, -0.25) is 0 Å². The third-order valence-electron chi connectivity index (χ3n) is 2.52. The van der Waals surface area contributed by atoms with E-state index in [9.17, 15) is 0 Å². The van der Waals surface area contributed by atoms with Crippen molar-refractivity contribution in [3.8, 4) is 0 Å². The summed E-state index contributed by atoms with van der Waals surface area (Å²) in [6, 6.07) is 7.77. The van der Waals surface area contributed by atoms with Crippen molar-refractivity contribution in [3.05, 3.63) is 29.3 Å². The number of rotatable bonds is 3. The van der Waals surface area contributed by atoms with Crippen LogP contribution in [0.5, 0.6) is 0 Å². The largest absolute Gasteiger partial charge is 0.377 e. The third kappa shape index (κ3) is 1.79. The average Bonchev–Trinajstić information content (AvgIpc) is 2.90. The van der Waals surface area contributed by atoms with Gasteiger partial charge in [-0.25, -0.2) is 0 Å². The van der Waals surface area contributed by atoms with Crippen LogP contribution in [0.2, 0.25) is 5.02 Å². The fourth-order valence-electron chi connectivity index (χ4n) is 1.38. The molecular weight excluding hydrogens is 184 g/mol. The Bertz CT molecular complexity index is 308. The molecule has 0 heterocycles. The highest BCUT2D eigenvalue weighted by atomic mass is 35.5. The molecule has 0 amide bonds. The van der Waals surface area contributed by atoms with Crippen molar-refractivity contribution in [2.45, 2.75) is 18.4 Å². The quantitative estimate of drug-likeness (QED) is 0.778. The van der Waals surface area contributed by atoms with E-state index in [2.05, 4.69) is 5.32 Å². The van der Waals surface area contributed by atoms with Crippen LogP contribution in [0.4, 0.5) is 5.69 Å². The van der Waals surface area contributed by atoms with Gasteiger partial charge < -0.3 is 11.1 Å². The molecule has 0 aliphatic heterocycles. The predicted molar refractivity (Wildman–Crippen MR) is 56.1 cm³/mol. The summed E-state index contributed by atoms with van der Waals surface area (Å²) in [6.07, 6.45) is 2.30. The Morgan fingerprint density at radius 2 is 2.08 bits per heavy atom. The molecule has 0 aromatic heterocycles. The highest BCUT2D eigenvalue weighted by Gasteiger charge is 2.41. The number of anilines is 1. The fraction of sp³-hybridized carbons (Fsp3) is 0.400. The minimum atomic E-state index is 0.130. The lowest BCUT2D eigenvalue weighted by Gasteiger charge is -2.17. The van der Waals surface area contributed by atoms with Crippen molar-refractivity contribution < 1.29 is 0 Å². The lowest BCUT2D eigenvalue weighted by atomic mass is 10.2. The molecule has 2 rings (SSSR count). The molecule has 0 bridgehead atoms. The van der Waals surface area contributed by atoms with Gasteiger partial charge in [-0.2, -0.15) is 0 Å². The summed E-state index contributed by atoms with van der Waals surface area (Å²) < 4.78 is 0. The van der Waals surface area contributed by atoms with Crippen LogP contribution in [0, 0.1) is 0 Å². The molecule has 1 aliphatic carbocycles. The zero-order valence-corrected chi connectivity index (χ0v) is 8.14. The molecule has 1 aliphatic rings. The van der Waals surface area contributed by atoms with E-state index in [0.29, 0.717) is 6.54 Å². The number of nitrogens with two attached hydrogens (primary N) is 1. The number of para-hydroxylation sites is 1. The van der Waals surface area contributed by atoms with Gasteiger partial charge in [-0.1, -0.05) is 23.7 Å². The predicted octanol–water partition coefficient (Wildman–Crippen LogP) is 2.24. The van der Waals surface area contributed by atoms with Gasteiger partial charge in [0.2, 0.25) is 0 Å². The van der Waals surface area contributed by atoms with Crippen molar-refractivity contribution in [1.29, 1.82) is 0 Å². The number of halogens is 1. The molecule has 0 saturated heterocycles. The second-order valence-corrected chi connectivity index (χ2v) is 4.00. The number of nitrogens with one attached hydrogen (secondary N) is 1. The molecular formula is C10H13ClN2. The minimum absolute atomic E-state index is 0.130. The van der Waals surface area contributed by atoms with Crippen molar-refractivity contribution in [2.75, 3.05) is 11.9 Å². The van der Waals surface area contributed by atoms with E-state index in [0.717, 1.165) is 23.6 Å². The highest BCUT2D eigenvalue weighted by Crippen LogP contribution is 2.39. The number of hydrogen-bond donors (Lipinski definition) is 2. The summed E-state index contributed by atoms with van der Waals surface area (Å²) in [4.78, 5) is 0. The number of benzene rings is 1. The zero-order valence-electron chi connectivity index (χ0n) is 7.39. The van der Waals surface area contributed by atoms with Crippen LogP contribution < -0.4 is 11.1 Å². The Hall–Kier alpha value is -0.730. The minimum Gasteiger partial charge on any atom is -0.377 e. The van der Waals surface area contributed by atoms with E-state index >= 15 is 0 Å². The molecule has 0 spiro atoms. The molecule has 13 heavy (non-hydrogen) atoms. The van der Waals surface area contributed by atoms with Crippen molar-refractivity contribution in [3.63, 3.8) is 0 Å². The molecule has 0 atom stereocenters. The second-order valence-electron chi connectivity index (χ2n) is 3.59. The monoisotopic (exact) mass is 196 g/mol. The molecule has 0 radical (unpaired) electrons. The maximum absolute atomic E-state index is 6.01. The molecule has 1 aromatic rings. The van der Waals surface area contributed by atoms with Crippen LogP contribution in [-0.2, 0) is 0 Å². The van der Waals surface area contributed by atoms with Crippen molar-refractivity contribution >= 4 is 17.3 Å². The van der Waals surface area contributed by atoms with Crippen LogP contribution in [-0.4, -0.2) is 12.1 Å². The SMILES string of the molecule is NCC1(Nc2ccccc2Cl)CC1. The Labute approximate surface area is 83.1 Å². The Kier molecular flexibility index (Phi) is 2.18. The third-order valence-corrected chi connectivity index (χ3v) is 2.85. The molecule has 70 valence electrons. The van der Waals surface area contributed by atoms with Crippen LogP contribution in [0.25, 0.3) is 0 Å². The first kappa shape index (κ1) is 8.85. The average molecular weight is 197 g/mol. The first-order valence-electron chi connectivity index (χ1n) is 4.49. The number of hydrogen-bond acceptors (Lipinski definition) is 2. The fourth-order valence-corrected chi connectivity index (χ4v) is 1.56. The van der Waals surface area contributed by atoms with Gasteiger partial charge in [-0.15, -0.1) is 0 Å². The topological polar surface area (TPSA) is 38.0 Å². The molecule has 3 heteroatoms. The van der Waals surface area contributed by atoms with Gasteiger partial charge in [0.25, 0.3) is 0 Å². The van der Waals surface area contributed by atoms with Crippen LogP contribution in [0.1, 0.15) is 12.8 Å². The highest BCUT2D eigenvalue weighted by molar-refractivity contribution is 6.33. The van der Waals surface area contributed by atoms with Gasteiger partial charge >= 0.3 is 0 Å². The van der Waals surface area contributed by atoms with E-state index in [1.54, 1.807) is 0 Å². The first-order valence-corrected chi connectivity index (χ1v) is 4.86. The Balaban J connectivity index is 2.14. The summed E-state index contributed by atoms with van der Waals surface area (Å²) in [5.41, 5.74) is 6.78. The van der Waals surface area contributed by atoms with E-state index in [1.807, 2.05) is 24.3 Å². The smallest absolute Gasteiger partial charge is 0.0637 e. The van der Waals surface area contributed by atoms with Crippen molar-refractivity contribution in [2.24, 2.45) is 5.73 Å². The van der Waals surface area contributed by atoms with Gasteiger partial charge in [0.05, 0.1) is 10.7 Å². The maximum atomic E-state index is 6.01.